The van der Waals surface area contributed by atoms with Crippen LogP contribution in [-0.4, -0.2) is 11.1 Å². The number of aromatic hydroxyl groups is 1. The van der Waals surface area contributed by atoms with Gasteiger partial charge in [-0.2, -0.15) is 0 Å². The van der Waals surface area contributed by atoms with Crippen LogP contribution in [0.2, 0.25) is 0 Å². The third-order valence-electron chi connectivity index (χ3n) is 3.54. The van der Waals surface area contributed by atoms with Crippen LogP contribution in [0.1, 0.15) is 62.8 Å². The van der Waals surface area contributed by atoms with Gasteiger partial charge in [0.05, 0.1) is 0 Å². The van der Waals surface area contributed by atoms with Crippen molar-refractivity contribution in [3.05, 3.63) is 28.3 Å². The van der Waals surface area contributed by atoms with E-state index < -0.39 is 0 Å². The van der Waals surface area contributed by atoms with Crippen LogP contribution in [0.4, 0.5) is 0 Å². The molecule has 0 unspecified atom stereocenters. The van der Waals surface area contributed by atoms with E-state index in [1.165, 1.54) is 0 Å². The molecule has 1 aromatic carbocycles. The molecule has 0 heterocycles. The van der Waals surface area contributed by atoms with Gasteiger partial charge in [0.2, 0.25) is 0 Å². The average Bonchev–Trinajstić information content (AvgIpc) is 2.32. The van der Waals surface area contributed by atoms with Crippen LogP contribution in [0.15, 0.2) is 6.07 Å². The minimum atomic E-state index is -0.189. The highest BCUT2D eigenvalue weighted by atomic mass is 16.5. The molecule has 0 amide bonds. The van der Waals surface area contributed by atoms with Crippen molar-refractivity contribution in [3.8, 4) is 5.75 Å². The molecular weight excluding hydrogens is 252 g/mol. The quantitative estimate of drug-likeness (QED) is 0.842. The molecule has 0 spiro atoms. The van der Waals surface area contributed by atoms with Gasteiger partial charge in [-0.15, -0.1) is 0 Å². The zero-order valence-electron chi connectivity index (χ0n) is 13.5. The van der Waals surface area contributed by atoms with E-state index in [2.05, 4.69) is 20.8 Å². The van der Waals surface area contributed by atoms with Crippen LogP contribution in [-0.2, 0) is 21.6 Å². The number of phenolic OH excluding ortho intramolecular Hbond substituents is 1. The van der Waals surface area contributed by atoms with E-state index in [0.29, 0.717) is 12.2 Å². The van der Waals surface area contributed by atoms with Gasteiger partial charge in [0.1, 0.15) is 12.4 Å². The lowest BCUT2D eigenvalue weighted by Crippen LogP contribution is -2.14. The van der Waals surface area contributed by atoms with Crippen LogP contribution in [0.25, 0.3) is 0 Å². The first kappa shape index (κ1) is 16.5. The summed E-state index contributed by atoms with van der Waals surface area (Å²) in [5.74, 6) is 0.121. The smallest absolute Gasteiger partial charge is 0.306 e. The van der Waals surface area contributed by atoms with Crippen LogP contribution < -0.4 is 0 Å². The third kappa shape index (κ3) is 3.75. The molecule has 20 heavy (non-hydrogen) atoms. The molecule has 1 rings (SSSR count). The van der Waals surface area contributed by atoms with Crippen molar-refractivity contribution in [1.82, 2.24) is 0 Å². The topological polar surface area (TPSA) is 46.5 Å². The van der Waals surface area contributed by atoms with E-state index in [1.807, 2.05) is 26.8 Å². The van der Waals surface area contributed by atoms with Crippen LogP contribution in [0.3, 0.4) is 0 Å². The molecule has 0 bridgehead atoms. The number of rotatable bonds is 4. The molecule has 0 aromatic heterocycles. The maximum absolute atomic E-state index is 11.5. The molecule has 112 valence electrons. The molecule has 3 heteroatoms. The number of hydrogen-bond acceptors (Lipinski definition) is 3. The molecule has 0 atom stereocenters. The van der Waals surface area contributed by atoms with Crippen molar-refractivity contribution < 1.29 is 14.6 Å². The summed E-state index contributed by atoms with van der Waals surface area (Å²) < 4.78 is 5.26. The van der Waals surface area contributed by atoms with Crippen molar-refractivity contribution in [2.75, 3.05) is 0 Å². The Bertz CT molecular complexity index is 496. The monoisotopic (exact) mass is 278 g/mol. The summed E-state index contributed by atoms with van der Waals surface area (Å²) in [6.07, 6.45) is 1.22. The Kier molecular flexibility index (Phi) is 5.21. The SMILES string of the molecule is CCCC(=O)OCc1c(C)cc(C(C)(C)C)c(O)c1C. The summed E-state index contributed by atoms with van der Waals surface area (Å²) >= 11 is 0. The highest BCUT2D eigenvalue weighted by Crippen LogP contribution is 2.36. The Balaban J connectivity index is 3.06. The fourth-order valence-corrected chi connectivity index (χ4v) is 2.24. The van der Waals surface area contributed by atoms with Crippen molar-refractivity contribution in [1.29, 1.82) is 0 Å². The number of ether oxygens (including phenoxy) is 1. The van der Waals surface area contributed by atoms with Gasteiger partial charge in [-0.3, -0.25) is 4.79 Å². The van der Waals surface area contributed by atoms with Gasteiger partial charge >= 0.3 is 5.97 Å². The highest BCUT2D eigenvalue weighted by molar-refractivity contribution is 5.69. The Morgan fingerprint density at radius 3 is 2.40 bits per heavy atom. The Hall–Kier alpha value is -1.51. The van der Waals surface area contributed by atoms with E-state index in [9.17, 15) is 9.90 Å². The molecule has 3 nitrogen and oxygen atoms in total. The number of esters is 1. The van der Waals surface area contributed by atoms with E-state index >= 15 is 0 Å². The summed E-state index contributed by atoms with van der Waals surface area (Å²) in [4.78, 5) is 11.5. The molecule has 0 aliphatic rings. The normalized spacial score (nSPS) is 11.5. The van der Waals surface area contributed by atoms with Crippen molar-refractivity contribution in [2.45, 2.75) is 66.4 Å². The van der Waals surface area contributed by atoms with Gasteiger partial charge in [0.15, 0.2) is 0 Å². The van der Waals surface area contributed by atoms with Gasteiger partial charge in [0.25, 0.3) is 0 Å². The molecule has 0 aliphatic heterocycles. The van der Waals surface area contributed by atoms with Crippen molar-refractivity contribution in [3.63, 3.8) is 0 Å². The third-order valence-corrected chi connectivity index (χ3v) is 3.54. The molecule has 0 radical (unpaired) electrons. The lowest BCUT2D eigenvalue weighted by Gasteiger charge is -2.24. The van der Waals surface area contributed by atoms with Gasteiger partial charge < -0.3 is 9.84 Å². The summed E-state index contributed by atoms with van der Waals surface area (Å²) in [5, 5.41) is 10.4. The molecule has 1 N–H and O–H groups in total. The number of phenols is 1. The zero-order chi connectivity index (χ0) is 15.5. The molecule has 0 saturated heterocycles. The standard InChI is InChI=1S/C17H26O3/c1-7-8-15(18)20-10-13-11(2)9-14(17(4,5)6)16(19)12(13)3/h9,19H,7-8,10H2,1-6H3. The zero-order valence-corrected chi connectivity index (χ0v) is 13.5. The van der Waals surface area contributed by atoms with Crippen LogP contribution >= 0.6 is 0 Å². The van der Waals surface area contributed by atoms with Crippen molar-refractivity contribution in [2.24, 2.45) is 0 Å². The lowest BCUT2D eigenvalue weighted by atomic mass is 9.83. The average molecular weight is 278 g/mol. The van der Waals surface area contributed by atoms with E-state index in [0.717, 1.165) is 28.7 Å². The van der Waals surface area contributed by atoms with Crippen LogP contribution in [0.5, 0.6) is 5.75 Å². The summed E-state index contributed by atoms with van der Waals surface area (Å²) in [5.41, 5.74) is 3.57. The lowest BCUT2D eigenvalue weighted by molar-refractivity contribution is -0.145. The fraction of sp³-hybridized carbons (Fsp3) is 0.588. The predicted octanol–water partition coefficient (Wildman–Crippen LogP) is 4.15. The first-order valence-corrected chi connectivity index (χ1v) is 7.16. The van der Waals surface area contributed by atoms with Gasteiger partial charge in [-0.1, -0.05) is 33.8 Å². The Labute approximate surface area is 122 Å². The van der Waals surface area contributed by atoms with Crippen LogP contribution in [0, 0.1) is 13.8 Å². The highest BCUT2D eigenvalue weighted by Gasteiger charge is 2.22. The summed E-state index contributed by atoms with van der Waals surface area (Å²) in [6.45, 7) is 12.3. The van der Waals surface area contributed by atoms with E-state index in [4.69, 9.17) is 4.74 Å². The molecule has 1 aromatic rings. The Morgan fingerprint density at radius 1 is 1.30 bits per heavy atom. The van der Waals surface area contributed by atoms with Gasteiger partial charge in [-0.05, 0) is 47.9 Å². The molecule has 0 aliphatic carbocycles. The largest absolute Gasteiger partial charge is 0.507 e. The summed E-state index contributed by atoms with van der Waals surface area (Å²) in [6, 6.07) is 1.99. The first-order chi connectivity index (χ1) is 9.18. The minimum Gasteiger partial charge on any atom is -0.507 e. The number of aryl methyl sites for hydroxylation is 1. The van der Waals surface area contributed by atoms with Crippen molar-refractivity contribution >= 4 is 5.97 Å². The second kappa shape index (κ2) is 6.29. The maximum Gasteiger partial charge on any atom is 0.306 e. The number of hydrogen-bond donors (Lipinski definition) is 1. The van der Waals surface area contributed by atoms with Gasteiger partial charge in [0, 0.05) is 6.42 Å². The first-order valence-electron chi connectivity index (χ1n) is 7.16. The second-order valence-corrected chi connectivity index (χ2v) is 6.35. The maximum atomic E-state index is 11.5. The van der Waals surface area contributed by atoms with E-state index in [-0.39, 0.29) is 18.0 Å². The molecular formula is C17H26O3. The second-order valence-electron chi connectivity index (χ2n) is 6.35. The number of benzene rings is 1. The number of carbonyl (C=O) groups excluding carboxylic acids is 1. The Morgan fingerprint density at radius 2 is 1.90 bits per heavy atom. The fourth-order valence-electron chi connectivity index (χ4n) is 2.24. The summed E-state index contributed by atoms with van der Waals surface area (Å²) in [7, 11) is 0. The molecule has 0 saturated carbocycles. The molecule has 0 fully saturated rings. The van der Waals surface area contributed by atoms with Gasteiger partial charge in [-0.25, -0.2) is 0 Å². The number of carbonyl (C=O) groups is 1. The van der Waals surface area contributed by atoms with E-state index in [1.54, 1.807) is 0 Å². The minimum absolute atomic E-state index is 0.114. The predicted molar refractivity (Wildman–Crippen MR) is 81.0 cm³/mol.